The van der Waals surface area contributed by atoms with Crippen molar-refractivity contribution >= 4 is 19.7 Å². The number of amides is 1. The zero-order valence-corrected chi connectivity index (χ0v) is 51.3. The third kappa shape index (κ3) is 57.2. The number of likely N-dealkylation sites (N-methyl/N-ethyl adjacent to an activating group) is 1. The highest BCUT2D eigenvalue weighted by Crippen LogP contribution is 2.38. The van der Waals surface area contributed by atoms with Gasteiger partial charge in [-0.05, 0) is 109 Å². The standard InChI is InChI=1S/C67H117N2O7P/c1-7-10-13-16-19-22-25-28-30-32-33-34-35-37-39-42-45-48-51-54-57-60-67(71)76-65(58-55-52-49-46-43-40-27-24-21-18-15-12-9-3)64(63-75-77(72,73)74-62-61-69(4,5)6)68-66(70)59-56-53-50-47-44-41-38-36-31-29-26-23-20-17-14-11-8-2/h11,14,19-20,22-23,28-31,33-34,38,41,47,50,55,58,64-65H,7-10,12-13,15-18,21,24-27,32,35-37,39-40,42-46,48-49,51-54,56-57,59-63H2,1-6H3,(H-,68,70,72,73)/b14-11-,22-19-,23-20-,30-28-,31-29-,34-33-,41-38-,50-47-,58-55+. The first-order chi connectivity index (χ1) is 37.4. The number of carbonyl (C=O) groups excluding carboxylic acids is 2. The molecule has 0 aliphatic heterocycles. The molecule has 9 nitrogen and oxygen atoms in total. The molecular formula is C67H117N2O7P. The molecule has 0 aromatic heterocycles. The number of nitrogens with zero attached hydrogens (tertiary/aromatic N) is 1. The summed E-state index contributed by atoms with van der Waals surface area (Å²) in [6, 6.07) is -0.928. The average Bonchev–Trinajstić information content (AvgIpc) is 3.39. The molecule has 1 N–H and O–H groups in total. The van der Waals surface area contributed by atoms with Crippen molar-refractivity contribution in [2.45, 2.75) is 264 Å². The van der Waals surface area contributed by atoms with Crippen molar-refractivity contribution < 1.29 is 37.3 Å². The Hall–Kier alpha value is -3.33. The monoisotopic (exact) mass is 1090 g/mol. The third-order valence-corrected chi connectivity index (χ3v) is 14.2. The summed E-state index contributed by atoms with van der Waals surface area (Å²) in [4.78, 5) is 40.0. The molecule has 0 aromatic carbocycles. The van der Waals surface area contributed by atoms with Gasteiger partial charge >= 0.3 is 5.97 Å². The normalized spacial score (nSPS) is 14.4. The first-order valence-corrected chi connectivity index (χ1v) is 32.7. The van der Waals surface area contributed by atoms with Crippen LogP contribution in [0, 0.1) is 0 Å². The zero-order chi connectivity index (χ0) is 56.4. The van der Waals surface area contributed by atoms with Gasteiger partial charge in [0.1, 0.15) is 19.3 Å². The predicted octanol–water partition coefficient (Wildman–Crippen LogP) is 18.7. The predicted molar refractivity (Wildman–Crippen MR) is 330 cm³/mol. The van der Waals surface area contributed by atoms with E-state index in [9.17, 15) is 19.0 Å². The van der Waals surface area contributed by atoms with Gasteiger partial charge in [-0.1, -0.05) is 240 Å². The quantitative estimate of drug-likeness (QED) is 0.0212. The van der Waals surface area contributed by atoms with Crippen LogP contribution in [-0.2, 0) is 27.9 Å². The van der Waals surface area contributed by atoms with Gasteiger partial charge in [0, 0.05) is 12.8 Å². The minimum atomic E-state index is -4.72. The topological polar surface area (TPSA) is 114 Å². The number of rotatable bonds is 55. The number of quaternary nitrogens is 1. The molecule has 0 bridgehead atoms. The minimum absolute atomic E-state index is 0.0395. The second kappa shape index (κ2) is 56.0. The Morgan fingerprint density at radius 3 is 1.30 bits per heavy atom. The molecule has 0 spiro atoms. The highest BCUT2D eigenvalue weighted by atomic mass is 31.2. The van der Waals surface area contributed by atoms with Gasteiger partial charge in [-0.15, -0.1) is 0 Å². The van der Waals surface area contributed by atoms with E-state index in [4.69, 9.17) is 13.8 Å². The summed E-state index contributed by atoms with van der Waals surface area (Å²) in [5.74, 6) is -0.622. The van der Waals surface area contributed by atoms with Crippen molar-refractivity contribution in [2.75, 3.05) is 40.9 Å². The van der Waals surface area contributed by atoms with Gasteiger partial charge in [0.05, 0.1) is 33.8 Å². The number of phosphoric ester groups is 1. The Balaban J connectivity index is 5.38. The number of phosphoric acid groups is 1. The van der Waals surface area contributed by atoms with Gasteiger partial charge in [-0.3, -0.25) is 14.2 Å². The molecule has 77 heavy (non-hydrogen) atoms. The van der Waals surface area contributed by atoms with Crippen LogP contribution in [0.15, 0.2) is 109 Å². The smallest absolute Gasteiger partial charge is 0.306 e. The fourth-order valence-corrected chi connectivity index (χ4v) is 9.11. The number of unbranched alkanes of at least 4 members (excludes halogenated alkanes) is 23. The zero-order valence-electron chi connectivity index (χ0n) is 50.4. The maximum absolute atomic E-state index is 13.5. The van der Waals surface area contributed by atoms with Crippen LogP contribution in [0.5, 0.6) is 0 Å². The number of hydrogen-bond acceptors (Lipinski definition) is 7. The molecule has 1 amide bonds. The van der Waals surface area contributed by atoms with Crippen LogP contribution in [0.3, 0.4) is 0 Å². The second-order valence-electron chi connectivity index (χ2n) is 21.8. The van der Waals surface area contributed by atoms with Crippen LogP contribution in [-0.4, -0.2) is 69.4 Å². The van der Waals surface area contributed by atoms with Crippen LogP contribution >= 0.6 is 7.82 Å². The lowest BCUT2D eigenvalue weighted by Crippen LogP contribution is -2.47. The summed E-state index contributed by atoms with van der Waals surface area (Å²) < 4.78 is 30.3. The molecule has 0 aromatic rings. The van der Waals surface area contributed by atoms with Crippen molar-refractivity contribution in [3.63, 3.8) is 0 Å². The Kier molecular flexibility index (Phi) is 53.5. The summed E-state index contributed by atoms with van der Waals surface area (Å²) in [5, 5.41) is 2.99. The van der Waals surface area contributed by atoms with Crippen LogP contribution in [0.25, 0.3) is 0 Å². The lowest BCUT2D eigenvalue weighted by Gasteiger charge is -2.30. The van der Waals surface area contributed by atoms with Crippen molar-refractivity contribution in [1.29, 1.82) is 0 Å². The number of ether oxygens (including phenoxy) is 1. The van der Waals surface area contributed by atoms with Crippen molar-refractivity contribution in [3.8, 4) is 0 Å². The number of nitrogens with one attached hydrogen (secondary N) is 1. The van der Waals surface area contributed by atoms with Gasteiger partial charge in [-0.25, -0.2) is 0 Å². The lowest BCUT2D eigenvalue weighted by atomic mass is 10.0. The number of esters is 1. The lowest BCUT2D eigenvalue weighted by molar-refractivity contribution is -0.870. The summed E-state index contributed by atoms with van der Waals surface area (Å²) in [6.45, 7) is 6.65. The van der Waals surface area contributed by atoms with E-state index in [0.717, 1.165) is 96.3 Å². The number of carbonyl (C=O) groups is 2. The van der Waals surface area contributed by atoms with Crippen LogP contribution < -0.4 is 10.2 Å². The largest absolute Gasteiger partial charge is 0.756 e. The van der Waals surface area contributed by atoms with Gasteiger partial charge in [-0.2, -0.15) is 0 Å². The van der Waals surface area contributed by atoms with Gasteiger partial charge in [0.2, 0.25) is 5.91 Å². The van der Waals surface area contributed by atoms with Crippen LogP contribution in [0.2, 0.25) is 0 Å². The highest BCUT2D eigenvalue weighted by Gasteiger charge is 2.27. The second-order valence-corrected chi connectivity index (χ2v) is 23.2. The van der Waals surface area contributed by atoms with Crippen LogP contribution in [0.1, 0.15) is 252 Å². The van der Waals surface area contributed by atoms with E-state index >= 15 is 0 Å². The summed E-state index contributed by atoms with van der Waals surface area (Å²) in [7, 11) is 1.13. The molecule has 0 saturated heterocycles. The van der Waals surface area contributed by atoms with E-state index in [1.54, 1.807) is 0 Å². The Morgan fingerprint density at radius 2 is 0.844 bits per heavy atom. The molecule has 0 aliphatic carbocycles. The maximum Gasteiger partial charge on any atom is 0.306 e. The van der Waals surface area contributed by atoms with Crippen molar-refractivity contribution in [3.05, 3.63) is 109 Å². The van der Waals surface area contributed by atoms with Crippen molar-refractivity contribution in [2.24, 2.45) is 0 Å². The molecule has 0 radical (unpaired) electrons. The molecule has 0 rings (SSSR count). The van der Waals surface area contributed by atoms with Gasteiger partial charge in [0.15, 0.2) is 0 Å². The maximum atomic E-state index is 13.5. The van der Waals surface area contributed by atoms with E-state index < -0.39 is 26.6 Å². The fourth-order valence-electron chi connectivity index (χ4n) is 8.39. The number of allylic oxidation sites excluding steroid dienone is 17. The molecule has 3 unspecified atom stereocenters. The molecule has 0 fully saturated rings. The van der Waals surface area contributed by atoms with E-state index in [-0.39, 0.29) is 31.3 Å². The third-order valence-electron chi connectivity index (χ3n) is 13.2. The Labute approximate surface area is 474 Å². The Bertz CT molecular complexity index is 1690. The molecule has 10 heteroatoms. The first-order valence-electron chi connectivity index (χ1n) is 31.2. The molecule has 0 heterocycles. The van der Waals surface area contributed by atoms with Crippen LogP contribution in [0.4, 0.5) is 0 Å². The minimum Gasteiger partial charge on any atom is -0.756 e. The van der Waals surface area contributed by atoms with E-state index in [1.165, 1.54) is 109 Å². The molecule has 0 saturated carbocycles. The molecular weight excluding hydrogens is 976 g/mol. The SMILES string of the molecule is CC/C=C\C/C=C\C/C=C\C/C=C\C/C=C\CCCC(=O)NC(COP(=O)([O-])OCC[N+](C)(C)C)C(/C=C/CCCCCCCCCCCCC)OC(=O)CCCCCCCCCC/C=C\C/C=C\C/C=C\CCCCC. The van der Waals surface area contributed by atoms with E-state index in [2.05, 4.69) is 123 Å². The van der Waals surface area contributed by atoms with Crippen molar-refractivity contribution in [1.82, 2.24) is 5.32 Å². The molecule has 442 valence electrons. The van der Waals surface area contributed by atoms with Gasteiger partial charge in [0.25, 0.3) is 7.82 Å². The number of hydrogen-bond donors (Lipinski definition) is 1. The molecule has 0 aliphatic rings. The van der Waals surface area contributed by atoms with E-state index in [0.29, 0.717) is 23.9 Å². The molecule has 3 atom stereocenters. The first kappa shape index (κ1) is 73.7. The summed E-state index contributed by atoms with van der Waals surface area (Å²) in [6.07, 6.45) is 76.3. The highest BCUT2D eigenvalue weighted by molar-refractivity contribution is 7.45. The summed E-state index contributed by atoms with van der Waals surface area (Å²) in [5.41, 5.74) is 0. The summed E-state index contributed by atoms with van der Waals surface area (Å²) >= 11 is 0. The van der Waals surface area contributed by atoms with Gasteiger partial charge < -0.3 is 28.5 Å². The average molecular weight is 1090 g/mol. The van der Waals surface area contributed by atoms with E-state index in [1.807, 2.05) is 33.3 Å². The Morgan fingerprint density at radius 1 is 0.468 bits per heavy atom. The fraction of sp³-hybridized carbons (Fsp3) is 0.701.